The number of anilines is 1. The Kier molecular flexibility index (Phi) is 6.00. The molecule has 8 nitrogen and oxygen atoms in total. The summed E-state index contributed by atoms with van der Waals surface area (Å²) in [6, 6.07) is 12.6. The molecule has 1 N–H and O–H groups in total. The summed E-state index contributed by atoms with van der Waals surface area (Å²) in [4.78, 5) is 25.0. The van der Waals surface area contributed by atoms with Crippen LogP contribution in [0.2, 0.25) is 5.02 Å². The van der Waals surface area contributed by atoms with E-state index in [0.29, 0.717) is 16.5 Å². The molecule has 1 amide bonds. The number of ether oxygens (including phenoxy) is 1. The van der Waals surface area contributed by atoms with Gasteiger partial charge in [-0.1, -0.05) is 29.3 Å². The van der Waals surface area contributed by atoms with Gasteiger partial charge in [0, 0.05) is 16.3 Å². The molecule has 0 unspecified atom stereocenters. The zero-order chi connectivity index (χ0) is 20.1. The molecular formula is C19H18ClN5O3. The Morgan fingerprint density at radius 1 is 1.14 bits per heavy atom. The number of nitrogens with one attached hydrogen (secondary N) is 1. The topological polar surface area (TPSA) is 99.0 Å². The summed E-state index contributed by atoms with van der Waals surface area (Å²) in [7, 11) is 0. The van der Waals surface area contributed by atoms with Crippen molar-refractivity contribution in [1.29, 1.82) is 0 Å². The van der Waals surface area contributed by atoms with Crippen LogP contribution in [0.25, 0.3) is 11.4 Å². The average Bonchev–Trinajstić information content (AvgIpc) is 3.11. The van der Waals surface area contributed by atoms with Crippen molar-refractivity contribution in [3.05, 3.63) is 58.6 Å². The molecule has 0 saturated heterocycles. The molecule has 3 rings (SSSR count). The molecule has 9 heteroatoms. The Labute approximate surface area is 166 Å². The third-order valence-corrected chi connectivity index (χ3v) is 4.10. The lowest BCUT2D eigenvalue weighted by Gasteiger charge is -2.09. The number of nitrogens with zero attached hydrogens (tertiary/aromatic N) is 4. The maximum atomic E-state index is 12.0. The molecule has 1 heterocycles. The molecule has 3 aromatic rings. The van der Waals surface area contributed by atoms with E-state index in [1.54, 1.807) is 24.3 Å². The number of rotatable bonds is 6. The van der Waals surface area contributed by atoms with E-state index in [2.05, 4.69) is 20.7 Å². The molecule has 1 aromatic heterocycles. The monoisotopic (exact) mass is 399 g/mol. The summed E-state index contributed by atoms with van der Waals surface area (Å²) >= 11 is 5.84. The van der Waals surface area contributed by atoms with Crippen LogP contribution in [0.4, 0.5) is 5.69 Å². The van der Waals surface area contributed by atoms with Gasteiger partial charge in [0.1, 0.15) is 0 Å². The summed E-state index contributed by atoms with van der Waals surface area (Å²) in [5.41, 5.74) is 3.43. The number of benzene rings is 2. The zero-order valence-corrected chi connectivity index (χ0v) is 16.1. The van der Waals surface area contributed by atoms with Crippen LogP contribution in [0, 0.1) is 13.8 Å². The van der Waals surface area contributed by atoms with Gasteiger partial charge in [-0.3, -0.25) is 4.79 Å². The average molecular weight is 400 g/mol. The van der Waals surface area contributed by atoms with E-state index in [4.69, 9.17) is 16.3 Å². The number of aryl methyl sites for hydroxylation is 2. The van der Waals surface area contributed by atoms with Gasteiger partial charge in [-0.15, -0.1) is 10.2 Å². The Balaban J connectivity index is 1.50. The van der Waals surface area contributed by atoms with Gasteiger partial charge in [-0.2, -0.15) is 4.80 Å². The van der Waals surface area contributed by atoms with Crippen LogP contribution in [-0.2, 0) is 20.9 Å². The molecule has 28 heavy (non-hydrogen) atoms. The van der Waals surface area contributed by atoms with E-state index in [-0.39, 0.29) is 6.54 Å². The molecule has 0 saturated carbocycles. The van der Waals surface area contributed by atoms with E-state index in [1.807, 2.05) is 32.0 Å². The van der Waals surface area contributed by atoms with Gasteiger partial charge in [0.15, 0.2) is 13.2 Å². The highest BCUT2D eigenvalue weighted by molar-refractivity contribution is 6.30. The minimum absolute atomic E-state index is 0.253. The fraction of sp³-hybridized carbons (Fsp3) is 0.211. The lowest BCUT2D eigenvalue weighted by atomic mass is 10.1. The molecular weight excluding hydrogens is 382 g/mol. The normalized spacial score (nSPS) is 10.5. The molecule has 2 aromatic carbocycles. The van der Waals surface area contributed by atoms with Crippen LogP contribution in [0.3, 0.4) is 0 Å². The number of carbonyl (C=O) groups excluding carboxylic acids is 2. The Hall–Kier alpha value is -3.26. The van der Waals surface area contributed by atoms with Gasteiger partial charge in [-0.05, 0) is 55.0 Å². The van der Waals surface area contributed by atoms with Crippen molar-refractivity contribution in [2.24, 2.45) is 0 Å². The maximum absolute atomic E-state index is 12.0. The number of hydrogen-bond acceptors (Lipinski definition) is 6. The van der Waals surface area contributed by atoms with Gasteiger partial charge in [0.2, 0.25) is 5.82 Å². The summed E-state index contributed by atoms with van der Waals surface area (Å²) in [5.74, 6) is -0.707. The minimum atomic E-state index is -0.643. The van der Waals surface area contributed by atoms with E-state index < -0.39 is 18.5 Å². The van der Waals surface area contributed by atoms with E-state index in [1.165, 1.54) is 0 Å². The fourth-order valence-corrected chi connectivity index (χ4v) is 2.60. The maximum Gasteiger partial charge on any atom is 0.330 e. The van der Waals surface area contributed by atoms with E-state index >= 15 is 0 Å². The summed E-state index contributed by atoms with van der Waals surface area (Å²) < 4.78 is 4.98. The van der Waals surface area contributed by atoms with Crippen LogP contribution in [0.1, 0.15) is 11.1 Å². The Bertz CT molecular complexity index is 1000. The quantitative estimate of drug-likeness (QED) is 0.640. The second-order valence-electron chi connectivity index (χ2n) is 6.18. The highest BCUT2D eigenvalue weighted by Crippen LogP contribution is 2.17. The molecule has 0 aliphatic heterocycles. The van der Waals surface area contributed by atoms with Gasteiger partial charge >= 0.3 is 5.97 Å². The van der Waals surface area contributed by atoms with Crippen LogP contribution in [0.15, 0.2) is 42.5 Å². The fourth-order valence-electron chi connectivity index (χ4n) is 2.47. The van der Waals surface area contributed by atoms with Gasteiger partial charge in [0.05, 0.1) is 0 Å². The summed E-state index contributed by atoms with van der Waals surface area (Å²) in [5, 5.41) is 15.1. The van der Waals surface area contributed by atoms with Crippen molar-refractivity contribution in [1.82, 2.24) is 20.2 Å². The molecule has 0 fully saturated rings. The SMILES string of the molecule is Cc1ccc(NC(=O)COC(=O)Cn2nnc(-c3ccc(Cl)cc3)n2)c(C)c1. The second-order valence-corrected chi connectivity index (χ2v) is 6.61. The molecule has 0 aliphatic carbocycles. The molecule has 0 bridgehead atoms. The lowest BCUT2D eigenvalue weighted by molar-refractivity contribution is -0.148. The van der Waals surface area contributed by atoms with Crippen molar-refractivity contribution in [2.75, 3.05) is 11.9 Å². The molecule has 0 spiro atoms. The smallest absolute Gasteiger partial charge is 0.330 e. The van der Waals surface area contributed by atoms with E-state index in [9.17, 15) is 9.59 Å². The van der Waals surface area contributed by atoms with Crippen LogP contribution < -0.4 is 5.32 Å². The van der Waals surface area contributed by atoms with Crippen molar-refractivity contribution in [2.45, 2.75) is 20.4 Å². The third kappa shape index (κ3) is 5.14. The molecule has 0 atom stereocenters. The second kappa shape index (κ2) is 8.62. The van der Waals surface area contributed by atoms with Crippen LogP contribution >= 0.6 is 11.6 Å². The number of esters is 1. The molecule has 144 valence electrons. The molecule has 0 radical (unpaired) electrons. The summed E-state index contributed by atoms with van der Waals surface area (Å²) in [6.07, 6.45) is 0. The first kappa shape index (κ1) is 19.5. The number of amides is 1. The first-order valence-electron chi connectivity index (χ1n) is 8.47. The van der Waals surface area contributed by atoms with Crippen molar-refractivity contribution < 1.29 is 14.3 Å². The van der Waals surface area contributed by atoms with E-state index in [0.717, 1.165) is 21.5 Å². The minimum Gasteiger partial charge on any atom is -0.454 e. The van der Waals surface area contributed by atoms with Crippen LogP contribution in [0.5, 0.6) is 0 Å². The number of aromatic nitrogens is 4. The number of carbonyl (C=O) groups is 2. The third-order valence-electron chi connectivity index (χ3n) is 3.85. The Morgan fingerprint density at radius 2 is 1.89 bits per heavy atom. The highest BCUT2D eigenvalue weighted by atomic mass is 35.5. The number of hydrogen-bond donors (Lipinski definition) is 1. The van der Waals surface area contributed by atoms with Gasteiger partial charge < -0.3 is 10.1 Å². The van der Waals surface area contributed by atoms with Gasteiger partial charge in [-0.25, -0.2) is 4.79 Å². The van der Waals surface area contributed by atoms with Crippen molar-refractivity contribution in [3.63, 3.8) is 0 Å². The molecule has 0 aliphatic rings. The lowest BCUT2D eigenvalue weighted by Crippen LogP contribution is -2.24. The van der Waals surface area contributed by atoms with Crippen molar-refractivity contribution in [3.8, 4) is 11.4 Å². The predicted molar refractivity (Wildman–Crippen MR) is 104 cm³/mol. The van der Waals surface area contributed by atoms with Gasteiger partial charge in [0.25, 0.3) is 5.91 Å². The number of halogens is 1. The first-order valence-corrected chi connectivity index (χ1v) is 8.85. The van der Waals surface area contributed by atoms with Crippen molar-refractivity contribution >= 4 is 29.2 Å². The number of tetrazole rings is 1. The van der Waals surface area contributed by atoms with Crippen LogP contribution in [-0.4, -0.2) is 38.7 Å². The largest absolute Gasteiger partial charge is 0.454 e. The standard InChI is InChI=1S/C19H18ClN5O3/c1-12-3-8-16(13(2)9-12)21-17(26)11-28-18(27)10-25-23-19(22-24-25)14-4-6-15(20)7-5-14/h3-9H,10-11H2,1-2H3,(H,21,26). The summed E-state index contributed by atoms with van der Waals surface area (Å²) in [6.45, 7) is 3.21. The first-order chi connectivity index (χ1) is 13.4. The zero-order valence-electron chi connectivity index (χ0n) is 15.3. The Morgan fingerprint density at radius 3 is 2.61 bits per heavy atom. The highest BCUT2D eigenvalue weighted by Gasteiger charge is 2.13. The predicted octanol–water partition coefficient (Wildman–Crippen LogP) is 2.79.